The predicted molar refractivity (Wildman–Crippen MR) is 85.6 cm³/mol. The Morgan fingerprint density at radius 2 is 2.17 bits per heavy atom. The molecule has 1 saturated heterocycles. The van der Waals surface area contributed by atoms with Crippen molar-refractivity contribution in [3.8, 4) is 0 Å². The number of hydrogen-bond donors (Lipinski definition) is 2. The maximum absolute atomic E-state index is 12.6. The summed E-state index contributed by atoms with van der Waals surface area (Å²) in [5, 5.41) is 5.02. The average molecular weight is 334 g/mol. The number of nitrogens with one attached hydrogen (secondary N) is 2. The van der Waals surface area contributed by atoms with E-state index in [2.05, 4.69) is 20.4 Å². The number of aromatic nitrogens is 2. The van der Waals surface area contributed by atoms with Crippen LogP contribution in [-0.4, -0.2) is 45.7 Å². The summed E-state index contributed by atoms with van der Waals surface area (Å²) >= 11 is 1.20. The number of nitrogens with zero attached hydrogens (tertiary/aromatic N) is 2. The Hall–Kier alpha value is -2.55. The summed E-state index contributed by atoms with van der Waals surface area (Å²) in [5.74, 6) is 0.718. The van der Waals surface area contributed by atoms with Crippen LogP contribution in [0.4, 0.5) is 15.5 Å². The Bertz CT molecular complexity index is 788. The van der Waals surface area contributed by atoms with Crippen LogP contribution in [0, 0.1) is 0 Å². The second-order valence-corrected chi connectivity index (χ2v) is 5.93. The Morgan fingerprint density at radius 1 is 1.39 bits per heavy atom. The van der Waals surface area contributed by atoms with E-state index in [4.69, 9.17) is 0 Å². The number of thioether (sulfide) groups is 1. The lowest BCUT2D eigenvalue weighted by molar-refractivity contribution is -0.112. The van der Waals surface area contributed by atoms with Crippen LogP contribution >= 0.6 is 11.8 Å². The van der Waals surface area contributed by atoms with Gasteiger partial charge in [-0.2, -0.15) is 0 Å². The molecule has 2 amide bonds. The summed E-state index contributed by atoms with van der Waals surface area (Å²) in [6.07, 6.45) is -0.149. The van der Waals surface area contributed by atoms with Crippen LogP contribution in [0.15, 0.2) is 24.3 Å². The normalized spacial score (nSPS) is 17.3. The zero-order valence-corrected chi connectivity index (χ0v) is 13.1. The Labute approximate surface area is 135 Å². The number of rotatable bonds is 2. The number of hydrogen-bond acceptors (Lipinski definition) is 6. The second kappa shape index (κ2) is 6.29. The molecule has 1 aliphatic rings. The minimum atomic E-state index is -0.734. The van der Waals surface area contributed by atoms with Gasteiger partial charge in [0.1, 0.15) is 6.04 Å². The van der Waals surface area contributed by atoms with Crippen LogP contribution in [0.25, 0.3) is 11.0 Å². The Kier molecular flexibility index (Phi) is 4.20. The van der Waals surface area contributed by atoms with Crippen molar-refractivity contribution in [2.75, 3.05) is 18.2 Å². The number of carbonyl (C=O) groups is 3. The molecule has 2 heterocycles. The second-order valence-electron chi connectivity index (χ2n) is 4.83. The fraction of sp³-hybridized carbons (Fsp3) is 0.286. The molecule has 1 aliphatic heterocycles. The summed E-state index contributed by atoms with van der Waals surface area (Å²) in [5.41, 5.74) is 1.07. The molecular weight excluding hydrogens is 320 g/mol. The lowest BCUT2D eigenvalue weighted by Crippen LogP contribution is -2.40. The SMILES string of the molecule is COC(=O)Nc1nc2ccccc2n1C(=O)NC1CCSC1=O. The zero-order valence-electron chi connectivity index (χ0n) is 12.2. The van der Waals surface area contributed by atoms with E-state index in [1.54, 1.807) is 24.3 Å². The van der Waals surface area contributed by atoms with Gasteiger partial charge < -0.3 is 10.1 Å². The average Bonchev–Trinajstić information content (AvgIpc) is 3.10. The van der Waals surface area contributed by atoms with Gasteiger partial charge in [0.05, 0.1) is 18.1 Å². The first-order valence-corrected chi connectivity index (χ1v) is 7.88. The van der Waals surface area contributed by atoms with Gasteiger partial charge in [-0.05, 0) is 18.6 Å². The van der Waals surface area contributed by atoms with Crippen LogP contribution < -0.4 is 10.6 Å². The first-order chi connectivity index (χ1) is 11.1. The molecule has 9 heteroatoms. The van der Waals surface area contributed by atoms with E-state index in [-0.39, 0.29) is 11.1 Å². The first kappa shape index (κ1) is 15.3. The van der Waals surface area contributed by atoms with Gasteiger partial charge in [-0.1, -0.05) is 23.9 Å². The maximum Gasteiger partial charge on any atom is 0.413 e. The van der Waals surface area contributed by atoms with Gasteiger partial charge in [-0.15, -0.1) is 0 Å². The molecule has 0 bridgehead atoms. The minimum Gasteiger partial charge on any atom is -0.453 e. The highest BCUT2D eigenvalue weighted by atomic mass is 32.2. The zero-order chi connectivity index (χ0) is 16.4. The van der Waals surface area contributed by atoms with Crippen molar-refractivity contribution in [3.63, 3.8) is 0 Å². The fourth-order valence-electron chi connectivity index (χ4n) is 2.30. The lowest BCUT2D eigenvalue weighted by atomic mass is 10.2. The summed E-state index contributed by atoms with van der Waals surface area (Å²) < 4.78 is 5.77. The molecule has 23 heavy (non-hydrogen) atoms. The smallest absolute Gasteiger partial charge is 0.413 e. The molecule has 8 nitrogen and oxygen atoms in total. The molecule has 0 radical (unpaired) electrons. The summed E-state index contributed by atoms with van der Waals surface area (Å²) in [7, 11) is 1.22. The highest BCUT2D eigenvalue weighted by molar-refractivity contribution is 8.14. The number of imidazole rings is 1. The molecule has 2 aromatic rings. The topological polar surface area (TPSA) is 102 Å². The third kappa shape index (κ3) is 3.00. The molecule has 120 valence electrons. The molecule has 0 aliphatic carbocycles. The van der Waals surface area contributed by atoms with Crippen molar-refractivity contribution in [1.29, 1.82) is 0 Å². The molecule has 1 fully saturated rings. The van der Waals surface area contributed by atoms with Gasteiger partial charge in [-0.25, -0.2) is 19.1 Å². The number of para-hydroxylation sites is 2. The summed E-state index contributed by atoms with van der Waals surface area (Å²) in [6.45, 7) is 0. The number of fused-ring (bicyclic) bond motifs is 1. The Morgan fingerprint density at radius 3 is 2.87 bits per heavy atom. The van der Waals surface area contributed by atoms with Crippen LogP contribution in [0.3, 0.4) is 0 Å². The fourth-order valence-corrected chi connectivity index (χ4v) is 3.23. The van der Waals surface area contributed by atoms with E-state index in [1.807, 2.05) is 0 Å². The van der Waals surface area contributed by atoms with Crippen molar-refractivity contribution in [3.05, 3.63) is 24.3 Å². The van der Waals surface area contributed by atoms with Crippen LogP contribution in [-0.2, 0) is 9.53 Å². The molecule has 1 unspecified atom stereocenters. The maximum atomic E-state index is 12.6. The molecule has 1 aromatic heterocycles. The van der Waals surface area contributed by atoms with Crippen molar-refractivity contribution in [1.82, 2.24) is 14.9 Å². The van der Waals surface area contributed by atoms with E-state index >= 15 is 0 Å². The van der Waals surface area contributed by atoms with E-state index in [0.29, 0.717) is 23.2 Å². The molecular formula is C14H14N4O4S. The monoisotopic (exact) mass is 334 g/mol. The van der Waals surface area contributed by atoms with E-state index in [1.165, 1.54) is 23.4 Å². The number of benzene rings is 1. The molecule has 1 atom stereocenters. The van der Waals surface area contributed by atoms with Crippen molar-refractivity contribution in [2.45, 2.75) is 12.5 Å². The van der Waals surface area contributed by atoms with E-state index < -0.39 is 18.2 Å². The molecule has 2 N–H and O–H groups in total. The number of amides is 2. The summed E-state index contributed by atoms with van der Waals surface area (Å²) in [4.78, 5) is 39.9. The lowest BCUT2D eigenvalue weighted by Gasteiger charge is -2.13. The summed E-state index contributed by atoms with van der Waals surface area (Å²) in [6, 6.07) is 5.90. The number of methoxy groups -OCH3 is 1. The molecule has 1 aromatic carbocycles. The molecule has 0 saturated carbocycles. The van der Waals surface area contributed by atoms with Gasteiger partial charge in [0.2, 0.25) is 11.1 Å². The predicted octanol–water partition coefficient (Wildman–Crippen LogP) is 1.80. The van der Waals surface area contributed by atoms with Crippen LogP contribution in [0.1, 0.15) is 6.42 Å². The van der Waals surface area contributed by atoms with Gasteiger partial charge >= 0.3 is 12.1 Å². The largest absolute Gasteiger partial charge is 0.453 e. The Balaban J connectivity index is 1.96. The standard InChI is InChI=1S/C14H14N4O4S/c1-22-14(21)17-12-15-8-4-2-3-5-10(8)18(12)13(20)16-9-6-7-23-11(9)19/h2-5,9H,6-7H2,1H3,(H,16,20)(H,15,17,21). The van der Waals surface area contributed by atoms with Crippen LogP contribution in [0.2, 0.25) is 0 Å². The van der Waals surface area contributed by atoms with Crippen molar-refractivity contribution < 1.29 is 19.1 Å². The molecule has 0 spiro atoms. The van der Waals surface area contributed by atoms with E-state index in [0.717, 1.165) is 0 Å². The minimum absolute atomic E-state index is 0.0358. The molecule has 3 rings (SSSR count). The third-order valence-electron chi connectivity index (χ3n) is 3.40. The number of carbonyl (C=O) groups excluding carboxylic acids is 3. The highest BCUT2D eigenvalue weighted by Gasteiger charge is 2.28. The van der Waals surface area contributed by atoms with Gasteiger partial charge in [0.25, 0.3) is 0 Å². The van der Waals surface area contributed by atoms with Gasteiger partial charge in [-0.3, -0.25) is 10.1 Å². The van der Waals surface area contributed by atoms with Crippen LogP contribution in [0.5, 0.6) is 0 Å². The first-order valence-electron chi connectivity index (χ1n) is 6.90. The number of ether oxygens (including phenoxy) is 1. The number of anilines is 1. The third-order valence-corrected chi connectivity index (χ3v) is 4.41. The van der Waals surface area contributed by atoms with Crippen molar-refractivity contribution in [2.24, 2.45) is 0 Å². The quantitative estimate of drug-likeness (QED) is 0.868. The van der Waals surface area contributed by atoms with Gasteiger partial charge in [0, 0.05) is 5.75 Å². The van der Waals surface area contributed by atoms with Gasteiger partial charge in [0.15, 0.2) is 0 Å². The van der Waals surface area contributed by atoms with E-state index in [9.17, 15) is 14.4 Å². The van der Waals surface area contributed by atoms with Crippen molar-refractivity contribution >= 4 is 46.0 Å². The highest BCUT2D eigenvalue weighted by Crippen LogP contribution is 2.22.